The van der Waals surface area contributed by atoms with Crippen molar-refractivity contribution in [1.29, 1.82) is 0 Å². The molecule has 0 saturated heterocycles. The van der Waals surface area contributed by atoms with Crippen molar-refractivity contribution in [1.82, 2.24) is 9.88 Å². The third-order valence-electron chi connectivity index (χ3n) is 5.59. The maximum Gasteiger partial charge on any atom is 0.260 e. The lowest BCUT2D eigenvalue weighted by Crippen LogP contribution is -2.38. The number of aromatic nitrogens is 1. The fraction of sp³-hybridized carbons (Fsp3) is 0.440. The Labute approximate surface area is 205 Å². The predicted molar refractivity (Wildman–Crippen MR) is 136 cm³/mol. The van der Waals surface area contributed by atoms with E-state index in [1.54, 1.807) is 17.0 Å². The highest BCUT2D eigenvalue weighted by molar-refractivity contribution is 7.22. The fourth-order valence-electron chi connectivity index (χ4n) is 3.72. The van der Waals surface area contributed by atoms with Gasteiger partial charge in [0.15, 0.2) is 16.6 Å². The van der Waals surface area contributed by atoms with Gasteiger partial charge >= 0.3 is 0 Å². The molecular weight excluding hydrogens is 454 g/mol. The second-order valence-corrected chi connectivity index (χ2v) is 8.44. The van der Waals surface area contributed by atoms with Crippen LogP contribution in [0.4, 0.5) is 5.13 Å². The normalized spacial score (nSPS) is 11.0. The Morgan fingerprint density at radius 3 is 2.18 bits per heavy atom. The van der Waals surface area contributed by atoms with Crippen molar-refractivity contribution in [3.05, 3.63) is 35.9 Å². The van der Waals surface area contributed by atoms with Gasteiger partial charge in [0.25, 0.3) is 5.91 Å². The van der Waals surface area contributed by atoms with Crippen molar-refractivity contribution >= 4 is 32.6 Å². The number of nitrogens with zero attached hydrogens (tertiary/aromatic N) is 3. The lowest BCUT2D eigenvalue weighted by atomic mass is 10.1. The molecule has 0 atom stereocenters. The van der Waals surface area contributed by atoms with Crippen molar-refractivity contribution in [3.63, 3.8) is 0 Å². The zero-order valence-electron chi connectivity index (χ0n) is 20.7. The predicted octanol–water partition coefficient (Wildman–Crippen LogP) is 4.71. The Morgan fingerprint density at radius 2 is 1.62 bits per heavy atom. The van der Waals surface area contributed by atoms with Gasteiger partial charge in [0.2, 0.25) is 5.75 Å². The number of amides is 1. The summed E-state index contributed by atoms with van der Waals surface area (Å²) in [4.78, 5) is 22.7. The smallest absolute Gasteiger partial charge is 0.260 e. The van der Waals surface area contributed by atoms with Crippen LogP contribution in [-0.2, 0) is 0 Å². The SMILES string of the molecule is CCOc1cccc2sc(N(CCN(CC)CC)C(=O)c3cc(OC)c(OC)c(OC)c3)nc12. The topological polar surface area (TPSA) is 73.4 Å². The Balaban J connectivity index is 2.07. The van der Waals surface area contributed by atoms with Crippen LogP contribution in [-0.4, -0.2) is 69.9 Å². The first-order valence-electron chi connectivity index (χ1n) is 11.4. The zero-order chi connectivity index (χ0) is 24.7. The third kappa shape index (κ3) is 5.37. The summed E-state index contributed by atoms with van der Waals surface area (Å²) in [5.41, 5.74) is 1.19. The van der Waals surface area contributed by atoms with Crippen LogP contribution in [0.5, 0.6) is 23.0 Å². The summed E-state index contributed by atoms with van der Waals surface area (Å²) in [7, 11) is 4.61. The summed E-state index contributed by atoms with van der Waals surface area (Å²) in [5.74, 6) is 1.82. The molecule has 1 heterocycles. The maximum absolute atomic E-state index is 13.8. The molecule has 0 aliphatic rings. The fourth-order valence-corrected chi connectivity index (χ4v) is 4.73. The molecule has 0 spiro atoms. The summed E-state index contributed by atoms with van der Waals surface area (Å²) in [6.07, 6.45) is 0. The van der Waals surface area contributed by atoms with Crippen molar-refractivity contribution < 1.29 is 23.7 Å². The van der Waals surface area contributed by atoms with Crippen LogP contribution < -0.4 is 23.8 Å². The Morgan fingerprint density at radius 1 is 0.941 bits per heavy atom. The number of methoxy groups -OCH3 is 3. The second-order valence-electron chi connectivity index (χ2n) is 7.43. The molecule has 1 aromatic heterocycles. The maximum atomic E-state index is 13.8. The minimum absolute atomic E-state index is 0.191. The molecule has 0 bridgehead atoms. The number of ether oxygens (including phenoxy) is 4. The zero-order valence-corrected chi connectivity index (χ0v) is 21.5. The molecule has 0 unspecified atom stereocenters. The molecule has 34 heavy (non-hydrogen) atoms. The number of fused-ring (bicyclic) bond motifs is 1. The number of hydrogen-bond donors (Lipinski definition) is 0. The third-order valence-corrected chi connectivity index (χ3v) is 6.64. The highest BCUT2D eigenvalue weighted by Crippen LogP contribution is 2.39. The number of likely N-dealkylation sites (N-methyl/N-ethyl adjacent to an activating group) is 1. The van der Waals surface area contributed by atoms with Crippen LogP contribution >= 0.6 is 11.3 Å². The van der Waals surface area contributed by atoms with E-state index in [4.69, 9.17) is 23.9 Å². The van der Waals surface area contributed by atoms with Gasteiger partial charge in [-0.25, -0.2) is 4.98 Å². The van der Waals surface area contributed by atoms with Crippen molar-refractivity contribution in [2.45, 2.75) is 20.8 Å². The van der Waals surface area contributed by atoms with Gasteiger partial charge in [0.1, 0.15) is 11.3 Å². The van der Waals surface area contributed by atoms with Gasteiger partial charge in [-0.2, -0.15) is 0 Å². The summed E-state index contributed by atoms with van der Waals surface area (Å²) in [5, 5.41) is 0.619. The quantitative estimate of drug-likeness (QED) is 0.366. The number of para-hydroxylation sites is 1. The Hall–Kier alpha value is -3.04. The van der Waals surface area contributed by atoms with Crippen LogP contribution in [0.3, 0.4) is 0 Å². The molecule has 0 N–H and O–H groups in total. The molecule has 0 aliphatic heterocycles. The van der Waals surface area contributed by atoms with Gasteiger partial charge in [-0.3, -0.25) is 9.69 Å². The largest absolute Gasteiger partial charge is 0.493 e. The molecule has 0 aliphatic carbocycles. The summed E-state index contributed by atoms with van der Waals surface area (Å²) >= 11 is 1.47. The van der Waals surface area contributed by atoms with Crippen molar-refractivity contribution in [2.75, 3.05) is 59.0 Å². The van der Waals surface area contributed by atoms with Gasteiger partial charge in [-0.15, -0.1) is 0 Å². The van der Waals surface area contributed by atoms with E-state index < -0.39 is 0 Å². The molecular formula is C25H33N3O5S. The summed E-state index contributed by atoms with van der Waals surface area (Å²) in [6.45, 7) is 9.72. The number of rotatable bonds is 12. The monoisotopic (exact) mass is 487 g/mol. The second kappa shape index (κ2) is 11.9. The van der Waals surface area contributed by atoms with E-state index in [1.165, 1.54) is 32.7 Å². The van der Waals surface area contributed by atoms with Gasteiger partial charge < -0.3 is 23.8 Å². The number of hydrogen-bond acceptors (Lipinski definition) is 8. The summed E-state index contributed by atoms with van der Waals surface area (Å²) < 4.78 is 23.1. The van der Waals surface area contributed by atoms with Crippen molar-refractivity contribution in [3.8, 4) is 23.0 Å². The molecule has 0 saturated carbocycles. The van der Waals surface area contributed by atoms with E-state index in [0.29, 0.717) is 46.8 Å². The number of carbonyl (C=O) groups is 1. The summed E-state index contributed by atoms with van der Waals surface area (Å²) in [6, 6.07) is 9.18. The standard InChI is InChI=1S/C25H33N3O5S/c1-7-27(8-2)13-14-28(25-26-22-18(33-9-3)11-10-12-21(22)34-25)24(29)17-15-19(30-4)23(32-6)20(16-17)31-5/h10-12,15-16H,7-9,13-14H2,1-6H3. The van der Waals surface area contributed by atoms with E-state index in [-0.39, 0.29) is 5.91 Å². The van der Waals surface area contributed by atoms with Crippen LogP contribution in [0.15, 0.2) is 30.3 Å². The van der Waals surface area contributed by atoms with Crippen LogP contribution in [0.25, 0.3) is 10.2 Å². The van der Waals surface area contributed by atoms with E-state index in [9.17, 15) is 4.79 Å². The molecule has 3 rings (SSSR count). The first-order chi connectivity index (χ1) is 16.5. The molecule has 1 amide bonds. The van der Waals surface area contributed by atoms with E-state index in [0.717, 1.165) is 29.9 Å². The first kappa shape index (κ1) is 25.6. The van der Waals surface area contributed by atoms with Crippen molar-refractivity contribution in [2.24, 2.45) is 0 Å². The van der Waals surface area contributed by atoms with E-state index in [1.807, 2.05) is 25.1 Å². The molecule has 0 radical (unpaired) electrons. The average Bonchev–Trinajstić information content (AvgIpc) is 3.30. The van der Waals surface area contributed by atoms with Crippen LogP contribution in [0.2, 0.25) is 0 Å². The molecule has 0 fully saturated rings. The highest BCUT2D eigenvalue weighted by Gasteiger charge is 2.25. The first-order valence-corrected chi connectivity index (χ1v) is 12.2. The molecule has 2 aromatic carbocycles. The number of benzene rings is 2. The minimum atomic E-state index is -0.191. The van der Waals surface area contributed by atoms with Crippen LogP contribution in [0, 0.1) is 0 Å². The number of carbonyl (C=O) groups excluding carboxylic acids is 1. The molecule has 9 heteroatoms. The molecule has 3 aromatic rings. The van der Waals surface area contributed by atoms with Crippen LogP contribution in [0.1, 0.15) is 31.1 Å². The van der Waals surface area contributed by atoms with E-state index in [2.05, 4.69) is 18.7 Å². The Kier molecular flexibility index (Phi) is 8.95. The average molecular weight is 488 g/mol. The number of anilines is 1. The lowest BCUT2D eigenvalue weighted by Gasteiger charge is -2.25. The number of thiazole rings is 1. The molecule has 8 nitrogen and oxygen atoms in total. The van der Waals surface area contributed by atoms with Gasteiger partial charge in [0, 0.05) is 18.7 Å². The molecule has 184 valence electrons. The minimum Gasteiger partial charge on any atom is -0.493 e. The highest BCUT2D eigenvalue weighted by atomic mass is 32.1. The lowest BCUT2D eigenvalue weighted by molar-refractivity contribution is 0.0983. The van der Waals surface area contributed by atoms with E-state index >= 15 is 0 Å². The van der Waals surface area contributed by atoms with Gasteiger partial charge in [-0.1, -0.05) is 31.3 Å². The Bertz CT molecular complexity index is 1090. The van der Waals surface area contributed by atoms with Gasteiger partial charge in [-0.05, 0) is 44.3 Å². The van der Waals surface area contributed by atoms with Gasteiger partial charge in [0.05, 0.1) is 32.6 Å².